The third-order valence-electron chi connectivity index (χ3n) is 5.17. The molecule has 0 bridgehead atoms. The van der Waals surface area contributed by atoms with Crippen LogP contribution in [0.3, 0.4) is 0 Å². The Kier molecular flexibility index (Phi) is 5.85. The van der Waals surface area contributed by atoms with Crippen molar-refractivity contribution in [1.82, 2.24) is 15.1 Å². The van der Waals surface area contributed by atoms with Crippen molar-refractivity contribution in [3.05, 3.63) is 64.9 Å². The average molecular weight is 412 g/mol. The lowest BCUT2D eigenvalue weighted by Gasteiger charge is -2.31. The predicted molar refractivity (Wildman–Crippen MR) is 111 cm³/mol. The first-order valence-corrected chi connectivity index (χ1v) is 10.4. The molecule has 1 unspecified atom stereocenters. The highest BCUT2D eigenvalue weighted by Gasteiger charge is 2.27. The molecule has 1 atom stereocenters. The number of piperidine rings is 1. The van der Waals surface area contributed by atoms with E-state index in [1.165, 1.54) is 12.1 Å². The van der Waals surface area contributed by atoms with Gasteiger partial charge < -0.3 is 9.64 Å². The van der Waals surface area contributed by atoms with Crippen LogP contribution < -0.4 is 4.74 Å². The van der Waals surface area contributed by atoms with Gasteiger partial charge in [-0.3, -0.25) is 4.79 Å². The molecule has 0 N–H and O–H groups in total. The van der Waals surface area contributed by atoms with Gasteiger partial charge in [-0.2, -0.15) is 0 Å². The maximum Gasteiger partial charge on any atom is 0.227 e. The number of likely N-dealkylation sites (tertiary alicyclic amines) is 1. The molecule has 1 aliphatic rings. The lowest BCUT2D eigenvalue weighted by Crippen LogP contribution is -2.39. The van der Waals surface area contributed by atoms with Crippen LogP contribution >= 0.6 is 11.3 Å². The van der Waals surface area contributed by atoms with Gasteiger partial charge in [-0.05, 0) is 54.8 Å². The van der Waals surface area contributed by atoms with Crippen molar-refractivity contribution in [3.8, 4) is 16.3 Å². The zero-order chi connectivity index (χ0) is 20.2. The highest BCUT2D eigenvalue weighted by molar-refractivity contribution is 7.14. The molecule has 0 spiro atoms. The minimum atomic E-state index is -0.289. The fourth-order valence-electron chi connectivity index (χ4n) is 3.54. The Balaban J connectivity index is 1.42. The maximum absolute atomic E-state index is 13.1. The van der Waals surface area contributed by atoms with Gasteiger partial charge in [0.2, 0.25) is 5.91 Å². The highest BCUT2D eigenvalue weighted by Crippen LogP contribution is 2.33. The van der Waals surface area contributed by atoms with Crippen LogP contribution in [0.15, 0.2) is 48.5 Å². The number of nitrogens with zero attached hydrogens (tertiary/aromatic N) is 3. The summed E-state index contributed by atoms with van der Waals surface area (Å²) in [5.41, 5.74) is 1.84. The molecule has 29 heavy (non-hydrogen) atoms. The monoisotopic (exact) mass is 411 g/mol. The molecule has 1 amide bonds. The highest BCUT2D eigenvalue weighted by atomic mass is 32.1. The number of halogens is 1. The van der Waals surface area contributed by atoms with E-state index in [1.807, 2.05) is 29.2 Å². The molecule has 4 rings (SSSR count). The summed E-state index contributed by atoms with van der Waals surface area (Å²) >= 11 is 1.58. The minimum Gasteiger partial charge on any atom is -0.497 e. The van der Waals surface area contributed by atoms with Crippen LogP contribution in [0.2, 0.25) is 0 Å². The summed E-state index contributed by atoms with van der Waals surface area (Å²) in [6.07, 6.45) is 2.23. The van der Waals surface area contributed by atoms with Crippen LogP contribution in [0, 0.1) is 5.82 Å². The summed E-state index contributed by atoms with van der Waals surface area (Å²) in [6.45, 7) is 1.40. The minimum absolute atomic E-state index is 0.0706. The Morgan fingerprint density at radius 1 is 1.17 bits per heavy atom. The second-order valence-electron chi connectivity index (χ2n) is 7.16. The predicted octanol–water partition coefficient (Wildman–Crippen LogP) is 4.30. The number of hydrogen-bond donors (Lipinski definition) is 0. The van der Waals surface area contributed by atoms with Crippen LogP contribution in [0.5, 0.6) is 5.75 Å². The number of amides is 1. The van der Waals surface area contributed by atoms with E-state index in [0.29, 0.717) is 13.0 Å². The van der Waals surface area contributed by atoms with E-state index in [-0.39, 0.29) is 17.6 Å². The third-order valence-corrected chi connectivity index (χ3v) is 6.30. The fourth-order valence-corrected chi connectivity index (χ4v) is 4.52. The van der Waals surface area contributed by atoms with Gasteiger partial charge in [-0.25, -0.2) is 4.39 Å². The van der Waals surface area contributed by atoms with Gasteiger partial charge in [0.15, 0.2) is 0 Å². The van der Waals surface area contributed by atoms with E-state index in [4.69, 9.17) is 4.74 Å². The summed E-state index contributed by atoms with van der Waals surface area (Å²) in [4.78, 5) is 14.6. The molecule has 1 aliphatic heterocycles. The van der Waals surface area contributed by atoms with E-state index in [9.17, 15) is 9.18 Å². The summed E-state index contributed by atoms with van der Waals surface area (Å²) in [5.74, 6) is 0.788. The number of hydrogen-bond acceptors (Lipinski definition) is 5. The van der Waals surface area contributed by atoms with Gasteiger partial charge in [-0.15, -0.1) is 10.2 Å². The number of benzene rings is 2. The zero-order valence-corrected chi connectivity index (χ0v) is 17.0. The quantitative estimate of drug-likeness (QED) is 0.628. The third kappa shape index (κ3) is 4.62. The van der Waals surface area contributed by atoms with E-state index >= 15 is 0 Å². The molecule has 5 nitrogen and oxygen atoms in total. The van der Waals surface area contributed by atoms with Crippen LogP contribution in [0.25, 0.3) is 10.6 Å². The van der Waals surface area contributed by atoms with E-state index in [0.717, 1.165) is 46.3 Å². The molecular formula is C22H22FN3O2S. The summed E-state index contributed by atoms with van der Waals surface area (Å²) in [7, 11) is 1.64. The lowest BCUT2D eigenvalue weighted by atomic mass is 9.98. The number of methoxy groups -OCH3 is 1. The maximum atomic E-state index is 13.1. The Morgan fingerprint density at radius 2 is 1.93 bits per heavy atom. The topological polar surface area (TPSA) is 55.3 Å². The first-order chi connectivity index (χ1) is 14.1. The van der Waals surface area contributed by atoms with Crippen molar-refractivity contribution in [2.75, 3.05) is 20.2 Å². The number of carbonyl (C=O) groups excluding carboxylic acids is 1. The second-order valence-corrected chi connectivity index (χ2v) is 8.17. The molecule has 3 aromatic rings. The molecule has 1 saturated heterocycles. The van der Waals surface area contributed by atoms with Crippen LogP contribution in [-0.4, -0.2) is 41.2 Å². The van der Waals surface area contributed by atoms with Gasteiger partial charge in [0.1, 0.15) is 21.6 Å². The van der Waals surface area contributed by atoms with Gasteiger partial charge in [0.05, 0.1) is 13.5 Å². The van der Waals surface area contributed by atoms with Crippen molar-refractivity contribution in [1.29, 1.82) is 0 Å². The van der Waals surface area contributed by atoms with Crippen molar-refractivity contribution in [3.63, 3.8) is 0 Å². The molecule has 7 heteroatoms. The number of aromatic nitrogens is 2. The van der Waals surface area contributed by atoms with Crippen molar-refractivity contribution in [2.24, 2.45) is 0 Å². The molecule has 1 fully saturated rings. The SMILES string of the molecule is COc1ccc(-c2nnc(C3CCCN(C(=O)Cc4ccc(F)cc4)C3)s2)cc1. The Morgan fingerprint density at radius 3 is 2.66 bits per heavy atom. The first kappa shape index (κ1) is 19.5. The zero-order valence-electron chi connectivity index (χ0n) is 16.2. The van der Waals surface area contributed by atoms with Crippen molar-refractivity contribution >= 4 is 17.2 Å². The van der Waals surface area contributed by atoms with E-state index < -0.39 is 0 Å². The number of rotatable bonds is 5. The lowest BCUT2D eigenvalue weighted by molar-refractivity contribution is -0.131. The average Bonchev–Trinajstić information content (AvgIpc) is 3.26. The Labute approximate surface area is 173 Å². The summed E-state index contributed by atoms with van der Waals surface area (Å²) in [5, 5.41) is 10.6. The molecule has 2 heterocycles. The van der Waals surface area contributed by atoms with Gasteiger partial charge in [0, 0.05) is 24.6 Å². The van der Waals surface area contributed by atoms with Crippen LogP contribution in [-0.2, 0) is 11.2 Å². The number of carbonyl (C=O) groups is 1. The van der Waals surface area contributed by atoms with Gasteiger partial charge in [-0.1, -0.05) is 23.5 Å². The molecule has 150 valence electrons. The Hall–Kier alpha value is -2.80. The second kappa shape index (κ2) is 8.69. The van der Waals surface area contributed by atoms with Crippen molar-refractivity contribution < 1.29 is 13.9 Å². The summed E-state index contributed by atoms with van der Waals surface area (Å²) in [6, 6.07) is 13.9. The van der Waals surface area contributed by atoms with Crippen LogP contribution in [0.4, 0.5) is 4.39 Å². The molecule has 1 aromatic heterocycles. The molecule has 0 radical (unpaired) electrons. The standard InChI is InChI=1S/C22H22FN3O2S/c1-28-19-10-6-16(7-11-19)21-24-25-22(29-21)17-3-2-12-26(14-17)20(27)13-15-4-8-18(23)9-5-15/h4-11,17H,2-3,12-14H2,1H3. The normalized spacial score (nSPS) is 16.6. The fraction of sp³-hybridized carbons (Fsp3) is 0.318. The van der Waals surface area contributed by atoms with Gasteiger partial charge >= 0.3 is 0 Å². The largest absolute Gasteiger partial charge is 0.497 e. The van der Waals surface area contributed by atoms with Gasteiger partial charge in [0.25, 0.3) is 0 Å². The van der Waals surface area contributed by atoms with E-state index in [1.54, 1.807) is 30.6 Å². The Bertz CT molecular complexity index is 972. The molecular weight excluding hydrogens is 389 g/mol. The molecule has 0 saturated carbocycles. The smallest absolute Gasteiger partial charge is 0.227 e. The van der Waals surface area contributed by atoms with Crippen LogP contribution in [0.1, 0.15) is 29.3 Å². The number of ether oxygens (including phenoxy) is 1. The summed E-state index contributed by atoms with van der Waals surface area (Å²) < 4.78 is 18.3. The van der Waals surface area contributed by atoms with E-state index in [2.05, 4.69) is 10.2 Å². The molecule has 0 aliphatic carbocycles. The van der Waals surface area contributed by atoms with Crippen molar-refractivity contribution in [2.45, 2.75) is 25.2 Å². The first-order valence-electron chi connectivity index (χ1n) is 9.62. The molecule has 2 aromatic carbocycles.